The highest BCUT2D eigenvalue weighted by Crippen LogP contribution is 2.46. The highest BCUT2D eigenvalue weighted by atomic mass is 16.5. The van der Waals surface area contributed by atoms with Gasteiger partial charge in [-0.1, -0.05) is 36.4 Å². The highest BCUT2D eigenvalue weighted by molar-refractivity contribution is 6.18. The molecular weight excluding hydrogens is 548 g/mol. The molecule has 0 bridgehead atoms. The van der Waals surface area contributed by atoms with Crippen molar-refractivity contribution in [2.75, 3.05) is 0 Å². The molecule has 6 heteroatoms. The third-order valence-corrected chi connectivity index (χ3v) is 8.87. The smallest absolute Gasteiger partial charge is 0.160 e. The average molecular weight is 567 g/mol. The molecule has 1 aliphatic rings. The summed E-state index contributed by atoms with van der Waals surface area (Å²) in [5.74, 6) is 2.22. The average Bonchev–Trinajstić information content (AvgIpc) is 3.72. The van der Waals surface area contributed by atoms with Crippen molar-refractivity contribution < 1.29 is 18.0 Å². The van der Waals surface area contributed by atoms with Gasteiger partial charge in [-0.05, 0) is 72.8 Å². The van der Waals surface area contributed by atoms with Crippen LogP contribution < -0.4 is 4.74 Å². The Hall–Kier alpha value is -6.14. The van der Waals surface area contributed by atoms with Gasteiger partial charge < -0.3 is 18.0 Å². The monoisotopic (exact) mass is 566 g/mol. The van der Waals surface area contributed by atoms with Gasteiger partial charge in [-0.15, -0.1) is 0 Å². The summed E-state index contributed by atoms with van der Waals surface area (Å²) in [6.45, 7) is 0. The Labute approximate surface area is 247 Å². The molecule has 0 unspecified atom stereocenters. The molecule has 5 heterocycles. The lowest BCUT2D eigenvalue weighted by Gasteiger charge is -2.20. The quantitative estimate of drug-likeness (QED) is 0.197. The molecule has 0 saturated carbocycles. The SMILES string of the molecule is c1ccc2c(c1)Oc1cccc3nc(-c4ccc5oc6cc7c(cc6c5c4)oc4cc5c(cc47)oc4ccccc45)nc-2c13. The number of para-hydroxylation sites is 2. The summed E-state index contributed by atoms with van der Waals surface area (Å²) in [4.78, 5) is 10.1. The predicted molar refractivity (Wildman–Crippen MR) is 172 cm³/mol. The van der Waals surface area contributed by atoms with Gasteiger partial charge in [0, 0.05) is 43.4 Å². The number of rotatable bonds is 1. The van der Waals surface area contributed by atoms with Gasteiger partial charge in [-0.2, -0.15) is 0 Å². The zero-order valence-corrected chi connectivity index (χ0v) is 22.9. The molecule has 6 aromatic carbocycles. The van der Waals surface area contributed by atoms with E-state index in [0.717, 1.165) is 105 Å². The molecule has 0 amide bonds. The normalized spacial score (nSPS) is 12.7. The molecule has 0 saturated heterocycles. The Morgan fingerprint density at radius 1 is 0.432 bits per heavy atom. The van der Waals surface area contributed by atoms with E-state index >= 15 is 0 Å². The van der Waals surface area contributed by atoms with Crippen molar-refractivity contribution in [3.8, 4) is 34.1 Å². The standard InChI is InChI=1S/C38H18N2O4/c1-3-9-28-20(6-1)23-15-34-25(17-32(23)42-28)26-18-33-24(16-35(26)44-34)22-14-19(12-13-30(22)43-33)38-39-27-8-5-11-31-36(27)37(40-38)21-7-2-4-10-29(21)41-31/h1-18H. The van der Waals surface area contributed by atoms with E-state index in [4.69, 9.17) is 28.0 Å². The van der Waals surface area contributed by atoms with E-state index in [-0.39, 0.29) is 0 Å². The van der Waals surface area contributed by atoms with Gasteiger partial charge in [-0.3, -0.25) is 0 Å². The Morgan fingerprint density at radius 3 is 1.84 bits per heavy atom. The molecule has 0 atom stereocenters. The summed E-state index contributed by atoms with van der Waals surface area (Å²) in [6.07, 6.45) is 0. The van der Waals surface area contributed by atoms with E-state index in [9.17, 15) is 0 Å². The Balaban J connectivity index is 1.12. The highest BCUT2D eigenvalue weighted by Gasteiger charge is 2.23. The fraction of sp³-hybridized carbons (Fsp3) is 0. The molecule has 44 heavy (non-hydrogen) atoms. The topological polar surface area (TPSA) is 74.4 Å². The lowest BCUT2D eigenvalue weighted by Crippen LogP contribution is -2.02. The number of benzene rings is 6. The number of furan rings is 3. The second-order valence-electron chi connectivity index (χ2n) is 11.3. The van der Waals surface area contributed by atoms with Crippen molar-refractivity contribution in [1.29, 1.82) is 0 Å². The number of fused-ring (bicyclic) bond motifs is 11. The second-order valence-corrected chi connectivity index (χ2v) is 11.3. The molecule has 0 fully saturated rings. The van der Waals surface area contributed by atoms with Gasteiger partial charge in [0.15, 0.2) is 5.82 Å². The molecule has 0 radical (unpaired) electrons. The van der Waals surface area contributed by atoms with Gasteiger partial charge in [0.25, 0.3) is 0 Å². The number of hydrogen-bond donors (Lipinski definition) is 0. The van der Waals surface area contributed by atoms with E-state index in [0.29, 0.717) is 5.82 Å². The van der Waals surface area contributed by atoms with Crippen LogP contribution in [0.25, 0.3) is 99.4 Å². The van der Waals surface area contributed by atoms with Gasteiger partial charge >= 0.3 is 0 Å². The van der Waals surface area contributed by atoms with Crippen LogP contribution in [0.4, 0.5) is 0 Å². The van der Waals surface area contributed by atoms with Crippen molar-refractivity contribution in [3.05, 3.63) is 109 Å². The number of hydrogen-bond acceptors (Lipinski definition) is 6. The zero-order valence-electron chi connectivity index (χ0n) is 22.9. The maximum absolute atomic E-state index is 6.43. The molecule has 4 aromatic heterocycles. The minimum atomic E-state index is 0.650. The van der Waals surface area contributed by atoms with Crippen molar-refractivity contribution in [2.45, 2.75) is 0 Å². The van der Waals surface area contributed by atoms with E-state index in [1.54, 1.807) is 0 Å². The van der Waals surface area contributed by atoms with E-state index in [1.165, 1.54) is 0 Å². The van der Waals surface area contributed by atoms with Crippen LogP contribution in [0.3, 0.4) is 0 Å². The van der Waals surface area contributed by atoms with Crippen molar-refractivity contribution in [1.82, 2.24) is 9.97 Å². The van der Waals surface area contributed by atoms with Crippen LogP contribution in [0, 0.1) is 0 Å². The third kappa shape index (κ3) is 2.89. The largest absolute Gasteiger partial charge is 0.456 e. The lowest BCUT2D eigenvalue weighted by atomic mass is 10.0. The van der Waals surface area contributed by atoms with Crippen LogP contribution in [0.5, 0.6) is 11.5 Å². The number of ether oxygens (including phenoxy) is 1. The molecule has 10 aromatic rings. The zero-order chi connectivity index (χ0) is 28.5. The van der Waals surface area contributed by atoms with Crippen molar-refractivity contribution >= 4 is 76.7 Å². The summed E-state index contributed by atoms with van der Waals surface area (Å²) in [5, 5.41) is 6.99. The summed E-state index contributed by atoms with van der Waals surface area (Å²) >= 11 is 0. The van der Waals surface area contributed by atoms with Crippen LogP contribution in [0.1, 0.15) is 0 Å². The van der Waals surface area contributed by atoms with Crippen LogP contribution in [0.2, 0.25) is 0 Å². The van der Waals surface area contributed by atoms with Crippen LogP contribution >= 0.6 is 0 Å². The minimum Gasteiger partial charge on any atom is -0.456 e. The Bertz CT molecular complexity index is 2870. The lowest BCUT2D eigenvalue weighted by molar-refractivity contribution is 0.486. The molecule has 11 rings (SSSR count). The van der Waals surface area contributed by atoms with Crippen LogP contribution in [-0.2, 0) is 0 Å². The molecular formula is C38H18N2O4. The minimum absolute atomic E-state index is 0.650. The molecule has 0 N–H and O–H groups in total. The second kappa shape index (κ2) is 7.82. The Kier molecular flexibility index (Phi) is 3.99. The number of aromatic nitrogens is 2. The summed E-state index contributed by atoms with van der Waals surface area (Å²) in [7, 11) is 0. The molecule has 204 valence electrons. The van der Waals surface area contributed by atoms with Crippen LogP contribution in [-0.4, -0.2) is 9.97 Å². The molecule has 1 aliphatic heterocycles. The number of nitrogens with zero attached hydrogens (tertiary/aromatic N) is 2. The Morgan fingerprint density at radius 2 is 1.05 bits per heavy atom. The molecule has 6 nitrogen and oxygen atoms in total. The summed E-state index contributed by atoms with van der Waals surface area (Å²) in [6, 6.07) is 36.4. The van der Waals surface area contributed by atoms with Gasteiger partial charge in [-0.25, -0.2) is 9.97 Å². The molecule has 0 spiro atoms. The first-order chi connectivity index (χ1) is 21.7. The van der Waals surface area contributed by atoms with Gasteiger partial charge in [0.05, 0.1) is 16.6 Å². The van der Waals surface area contributed by atoms with E-state index in [2.05, 4.69) is 36.4 Å². The van der Waals surface area contributed by atoms with E-state index < -0.39 is 0 Å². The first-order valence-electron chi connectivity index (χ1n) is 14.5. The van der Waals surface area contributed by atoms with E-state index in [1.807, 2.05) is 72.8 Å². The maximum Gasteiger partial charge on any atom is 0.160 e. The predicted octanol–water partition coefficient (Wildman–Crippen LogP) is 10.8. The first kappa shape index (κ1) is 22.5. The maximum atomic E-state index is 6.43. The van der Waals surface area contributed by atoms with Gasteiger partial charge in [0.1, 0.15) is 45.0 Å². The van der Waals surface area contributed by atoms with Crippen molar-refractivity contribution in [2.24, 2.45) is 0 Å². The van der Waals surface area contributed by atoms with Crippen LogP contribution in [0.15, 0.2) is 122 Å². The third-order valence-electron chi connectivity index (χ3n) is 8.87. The summed E-state index contributed by atoms with van der Waals surface area (Å²) < 4.78 is 25.1. The first-order valence-corrected chi connectivity index (χ1v) is 14.5. The fourth-order valence-electron chi connectivity index (χ4n) is 6.83. The fourth-order valence-corrected chi connectivity index (χ4v) is 6.83. The molecule has 0 aliphatic carbocycles. The van der Waals surface area contributed by atoms with Gasteiger partial charge in [0.2, 0.25) is 0 Å². The summed E-state index contributed by atoms with van der Waals surface area (Å²) in [5.41, 5.74) is 8.50. The van der Waals surface area contributed by atoms with Crippen molar-refractivity contribution in [3.63, 3.8) is 0 Å².